The van der Waals surface area contributed by atoms with Crippen molar-refractivity contribution < 1.29 is 0 Å². The lowest BCUT2D eigenvalue weighted by Gasteiger charge is -2.28. The quantitative estimate of drug-likeness (QED) is 0.147. The molecule has 0 saturated heterocycles. The highest BCUT2D eigenvalue weighted by Gasteiger charge is 2.18. The van der Waals surface area contributed by atoms with Crippen molar-refractivity contribution in [3.63, 3.8) is 0 Å². The van der Waals surface area contributed by atoms with Gasteiger partial charge in [0.05, 0.1) is 11.4 Å². The third kappa shape index (κ3) is 7.37. The van der Waals surface area contributed by atoms with Gasteiger partial charge in [0.1, 0.15) is 0 Å². The summed E-state index contributed by atoms with van der Waals surface area (Å²) in [5.74, 6) is 0. The van der Waals surface area contributed by atoms with Gasteiger partial charge in [-0.1, -0.05) is 183 Å². The Labute approximate surface area is 330 Å². The topological polar surface area (TPSA) is 6.48 Å². The van der Waals surface area contributed by atoms with E-state index in [1.54, 1.807) is 0 Å². The maximum Gasteiger partial charge on any atom is 0.0540 e. The summed E-state index contributed by atoms with van der Waals surface area (Å²) >= 11 is 0. The number of nitrogens with zero attached hydrogens (tertiary/aromatic N) is 2. The fourth-order valence-corrected chi connectivity index (χ4v) is 7.36. The van der Waals surface area contributed by atoms with Crippen LogP contribution in [0.1, 0.15) is 11.1 Å². The lowest BCUT2D eigenvalue weighted by Crippen LogP contribution is -2.10. The molecule has 0 aromatic heterocycles. The lowest BCUT2D eigenvalue weighted by molar-refractivity contribution is 1.29. The van der Waals surface area contributed by atoms with Crippen LogP contribution in [0.5, 0.6) is 0 Å². The maximum absolute atomic E-state index is 4.05. The molecule has 0 unspecified atom stereocenters. The van der Waals surface area contributed by atoms with E-state index in [9.17, 15) is 0 Å². The van der Waals surface area contributed by atoms with E-state index in [0.29, 0.717) is 0 Å². The van der Waals surface area contributed by atoms with Crippen molar-refractivity contribution in [1.82, 2.24) is 0 Å². The second-order valence-corrected chi connectivity index (χ2v) is 13.4. The monoisotopic (exact) mass is 718 g/mol. The fraction of sp³-hybridized carbons (Fsp3) is 0. The highest BCUT2D eigenvalue weighted by molar-refractivity contribution is 6.04. The Balaban J connectivity index is 0.000000673. The van der Waals surface area contributed by atoms with Gasteiger partial charge >= 0.3 is 0 Å². The Bertz CT molecular complexity index is 2500. The van der Waals surface area contributed by atoms with Crippen molar-refractivity contribution in [3.8, 4) is 11.1 Å². The summed E-state index contributed by atoms with van der Waals surface area (Å²) in [6.07, 6.45) is 3.86. The second kappa shape index (κ2) is 16.7. The van der Waals surface area contributed by atoms with Gasteiger partial charge in [0.25, 0.3) is 0 Å². The van der Waals surface area contributed by atoms with Gasteiger partial charge in [0.2, 0.25) is 0 Å². The molecular formula is C54H42N2. The first-order valence-corrected chi connectivity index (χ1v) is 18.9. The lowest BCUT2D eigenvalue weighted by atomic mass is 10.00. The van der Waals surface area contributed by atoms with E-state index in [-0.39, 0.29) is 0 Å². The first kappa shape index (κ1) is 35.6. The molecule has 0 aliphatic heterocycles. The van der Waals surface area contributed by atoms with Gasteiger partial charge in [-0.3, -0.25) is 0 Å². The van der Waals surface area contributed by atoms with Gasteiger partial charge in [0, 0.05) is 33.5 Å². The number of benzene rings is 9. The van der Waals surface area contributed by atoms with Crippen molar-refractivity contribution in [3.05, 3.63) is 243 Å². The molecule has 0 N–H and O–H groups in total. The van der Waals surface area contributed by atoms with E-state index in [4.69, 9.17) is 0 Å². The highest BCUT2D eigenvalue weighted by Crippen LogP contribution is 2.42. The van der Waals surface area contributed by atoms with E-state index >= 15 is 0 Å². The molecule has 0 bridgehead atoms. The molecule has 2 heteroatoms. The minimum Gasteiger partial charge on any atom is -0.310 e. The summed E-state index contributed by atoms with van der Waals surface area (Å²) in [5, 5.41) is 4.74. The van der Waals surface area contributed by atoms with Gasteiger partial charge in [-0.25, -0.2) is 0 Å². The number of anilines is 6. The molecule has 0 aliphatic rings. The molecule has 0 radical (unpaired) electrons. The zero-order chi connectivity index (χ0) is 38.1. The van der Waals surface area contributed by atoms with Crippen molar-refractivity contribution in [2.45, 2.75) is 0 Å². The van der Waals surface area contributed by atoms with Crippen molar-refractivity contribution in [1.29, 1.82) is 0 Å². The summed E-state index contributed by atoms with van der Waals surface area (Å²) in [6.45, 7) is 8.11. The summed E-state index contributed by atoms with van der Waals surface area (Å²) in [6, 6.07) is 76.7. The number of para-hydroxylation sites is 2. The first-order valence-electron chi connectivity index (χ1n) is 18.9. The molecule has 0 fully saturated rings. The van der Waals surface area contributed by atoms with Gasteiger partial charge in [-0.15, -0.1) is 0 Å². The maximum atomic E-state index is 4.05. The largest absolute Gasteiger partial charge is 0.310 e. The molecule has 9 aromatic rings. The SMILES string of the molecule is C=Cc1ccc(N(c2ccccc2)c2ccc(-c3ccc(N(c4ccccc4)c4ccc(C=C)c5ccccc45)cc3)cc2)c2ccccc12.c1ccccc1. The zero-order valence-corrected chi connectivity index (χ0v) is 31.2. The van der Waals surface area contributed by atoms with Crippen LogP contribution in [0.15, 0.2) is 232 Å². The van der Waals surface area contributed by atoms with Gasteiger partial charge in [-0.05, 0) is 93.7 Å². The van der Waals surface area contributed by atoms with Crippen LogP contribution in [0.4, 0.5) is 34.1 Å². The van der Waals surface area contributed by atoms with Crippen molar-refractivity contribution in [2.75, 3.05) is 9.80 Å². The van der Waals surface area contributed by atoms with Gasteiger partial charge in [0.15, 0.2) is 0 Å². The molecule has 56 heavy (non-hydrogen) atoms. The summed E-state index contributed by atoms with van der Waals surface area (Å²) in [5.41, 5.74) is 11.2. The van der Waals surface area contributed by atoms with E-state index < -0.39 is 0 Å². The average molecular weight is 719 g/mol. The van der Waals surface area contributed by atoms with Crippen molar-refractivity contribution in [2.24, 2.45) is 0 Å². The number of hydrogen-bond donors (Lipinski definition) is 0. The molecular weight excluding hydrogens is 677 g/mol. The third-order valence-electron chi connectivity index (χ3n) is 10.1. The van der Waals surface area contributed by atoms with Crippen LogP contribution in [0, 0.1) is 0 Å². The Morgan fingerprint density at radius 2 is 0.554 bits per heavy atom. The van der Waals surface area contributed by atoms with Crippen LogP contribution in [0.2, 0.25) is 0 Å². The fourth-order valence-electron chi connectivity index (χ4n) is 7.36. The summed E-state index contributed by atoms with van der Waals surface area (Å²) < 4.78 is 0. The number of rotatable bonds is 9. The molecule has 9 aromatic carbocycles. The summed E-state index contributed by atoms with van der Waals surface area (Å²) in [4.78, 5) is 4.67. The Kier molecular flexibility index (Phi) is 10.6. The molecule has 0 atom stereocenters. The standard InChI is InChI=1S/C48H36N2.C6H6/c1-3-35-27-33-47(45-21-13-11-19-43(35)45)49(39-15-7-5-8-16-39)41-29-23-37(24-30-41)38-25-31-42(32-26-38)50(40-17-9-6-10-18-40)48-34-28-36(4-2)44-20-12-14-22-46(44)48;1-2-4-6-5-3-1/h3-34H,1-2H2;1-6H. The zero-order valence-electron chi connectivity index (χ0n) is 31.2. The third-order valence-corrected chi connectivity index (χ3v) is 10.1. The number of fused-ring (bicyclic) bond motifs is 2. The molecule has 2 nitrogen and oxygen atoms in total. The predicted molar refractivity (Wildman–Crippen MR) is 243 cm³/mol. The van der Waals surface area contributed by atoms with Crippen LogP contribution in [-0.2, 0) is 0 Å². The van der Waals surface area contributed by atoms with Gasteiger partial charge in [-0.2, -0.15) is 0 Å². The number of hydrogen-bond acceptors (Lipinski definition) is 2. The van der Waals surface area contributed by atoms with Crippen LogP contribution >= 0.6 is 0 Å². The molecule has 0 spiro atoms. The summed E-state index contributed by atoms with van der Waals surface area (Å²) in [7, 11) is 0. The second-order valence-electron chi connectivity index (χ2n) is 13.4. The van der Waals surface area contributed by atoms with Crippen LogP contribution in [0.25, 0.3) is 44.8 Å². The van der Waals surface area contributed by atoms with Crippen LogP contribution in [-0.4, -0.2) is 0 Å². The van der Waals surface area contributed by atoms with E-state index in [1.807, 2.05) is 48.6 Å². The minimum atomic E-state index is 1.10. The smallest absolute Gasteiger partial charge is 0.0540 e. The van der Waals surface area contributed by atoms with Crippen LogP contribution in [0.3, 0.4) is 0 Å². The molecule has 0 aliphatic carbocycles. The first-order chi connectivity index (χ1) is 27.7. The highest BCUT2D eigenvalue weighted by atomic mass is 15.1. The predicted octanol–water partition coefficient (Wildman–Crippen LogP) is 15.6. The van der Waals surface area contributed by atoms with Crippen molar-refractivity contribution >= 4 is 67.8 Å². The minimum absolute atomic E-state index is 1.10. The Morgan fingerprint density at radius 1 is 0.268 bits per heavy atom. The molecule has 0 heterocycles. The average Bonchev–Trinajstić information content (AvgIpc) is 3.29. The Hall–Kier alpha value is -7.42. The molecule has 0 amide bonds. The molecule has 0 saturated carbocycles. The Morgan fingerprint density at radius 3 is 0.893 bits per heavy atom. The molecule has 268 valence electrons. The molecule has 9 rings (SSSR count). The van der Waals surface area contributed by atoms with E-state index in [2.05, 4.69) is 205 Å². The van der Waals surface area contributed by atoms with E-state index in [1.165, 1.54) is 21.5 Å². The van der Waals surface area contributed by atoms with Gasteiger partial charge < -0.3 is 9.80 Å². The van der Waals surface area contributed by atoms with E-state index in [0.717, 1.165) is 56.4 Å². The normalized spacial score (nSPS) is 10.6. The van der Waals surface area contributed by atoms with Crippen LogP contribution < -0.4 is 9.80 Å².